The number of hydrogen-bond donors (Lipinski definition) is 3. The van der Waals surface area contributed by atoms with Gasteiger partial charge in [-0.3, -0.25) is 4.79 Å². The van der Waals surface area contributed by atoms with Crippen LogP contribution in [-0.4, -0.2) is 23.2 Å². The molecule has 7 heteroatoms. The number of para-hydroxylation sites is 1. The van der Waals surface area contributed by atoms with Crippen LogP contribution < -0.4 is 11.2 Å². The molecule has 0 bridgehead atoms. The van der Waals surface area contributed by atoms with Crippen LogP contribution in [0.3, 0.4) is 0 Å². The fraction of sp³-hybridized carbons (Fsp3) is 0. The average Bonchev–Trinajstić information content (AvgIpc) is 3.11. The number of hydrogen-bond acceptors (Lipinski definition) is 5. The highest BCUT2D eigenvalue weighted by Gasteiger charge is 2.08. The number of aromatic carboxylic acids is 1. The van der Waals surface area contributed by atoms with Gasteiger partial charge in [0.2, 0.25) is 0 Å². The van der Waals surface area contributed by atoms with Crippen LogP contribution in [0.1, 0.15) is 26.5 Å². The van der Waals surface area contributed by atoms with Crippen molar-refractivity contribution < 1.29 is 19.1 Å². The zero-order chi connectivity index (χ0) is 18.5. The molecular weight excluding hydrogens is 334 g/mol. The second kappa shape index (κ2) is 7.35. The molecular formula is C19H15N3O4. The Kier molecular flexibility index (Phi) is 4.80. The monoisotopic (exact) mass is 349 g/mol. The van der Waals surface area contributed by atoms with E-state index in [0.717, 1.165) is 5.56 Å². The van der Waals surface area contributed by atoms with E-state index < -0.39 is 11.9 Å². The summed E-state index contributed by atoms with van der Waals surface area (Å²) in [4.78, 5) is 22.9. The van der Waals surface area contributed by atoms with E-state index in [1.54, 1.807) is 48.5 Å². The SMILES string of the molecule is Nc1ccccc1C(=O)N/N=C/c1ccc(-c2ccc(C(=O)O)cc2)o1. The lowest BCUT2D eigenvalue weighted by atomic mass is 10.1. The number of carboxylic acids is 1. The molecule has 2 aromatic carbocycles. The van der Waals surface area contributed by atoms with E-state index in [1.165, 1.54) is 18.3 Å². The van der Waals surface area contributed by atoms with Crippen molar-refractivity contribution in [1.29, 1.82) is 0 Å². The molecule has 26 heavy (non-hydrogen) atoms. The number of rotatable bonds is 5. The number of carbonyl (C=O) groups excluding carboxylic acids is 1. The Labute approximate surface area is 148 Å². The second-order valence-corrected chi connectivity index (χ2v) is 5.37. The lowest BCUT2D eigenvalue weighted by Crippen LogP contribution is -2.18. The van der Waals surface area contributed by atoms with Gasteiger partial charge in [-0.25, -0.2) is 10.2 Å². The van der Waals surface area contributed by atoms with Gasteiger partial charge in [0, 0.05) is 11.3 Å². The summed E-state index contributed by atoms with van der Waals surface area (Å²) < 4.78 is 5.61. The summed E-state index contributed by atoms with van der Waals surface area (Å²) in [5, 5.41) is 12.8. The van der Waals surface area contributed by atoms with Gasteiger partial charge < -0.3 is 15.3 Å². The van der Waals surface area contributed by atoms with Crippen LogP contribution in [0.4, 0.5) is 5.69 Å². The number of hydrazone groups is 1. The molecule has 1 heterocycles. The van der Waals surface area contributed by atoms with Crippen LogP contribution in [-0.2, 0) is 0 Å². The number of anilines is 1. The first-order valence-corrected chi connectivity index (χ1v) is 7.66. The van der Waals surface area contributed by atoms with Crippen molar-refractivity contribution in [1.82, 2.24) is 5.43 Å². The maximum absolute atomic E-state index is 12.0. The summed E-state index contributed by atoms with van der Waals surface area (Å²) in [5.74, 6) is -0.417. The summed E-state index contributed by atoms with van der Waals surface area (Å²) in [6.07, 6.45) is 1.37. The van der Waals surface area contributed by atoms with Gasteiger partial charge in [0.1, 0.15) is 11.5 Å². The molecule has 3 aromatic rings. The molecule has 0 fully saturated rings. The summed E-state index contributed by atoms with van der Waals surface area (Å²) in [6.45, 7) is 0. The Morgan fingerprint density at radius 3 is 2.46 bits per heavy atom. The van der Waals surface area contributed by atoms with Crippen LogP contribution >= 0.6 is 0 Å². The Bertz CT molecular complexity index is 974. The molecule has 0 aliphatic heterocycles. The van der Waals surface area contributed by atoms with E-state index in [0.29, 0.717) is 22.8 Å². The van der Waals surface area contributed by atoms with Crippen molar-refractivity contribution in [3.63, 3.8) is 0 Å². The number of nitrogen functional groups attached to an aromatic ring is 1. The number of carboxylic acid groups (broad SMARTS) is 1. The Morgan fingerprint density at radius 2 is 1.77 bits per heavy atom. The Morgan fingerprint density at radius 1 is 1.04 bits per heavy atom. The fourth-order valence-electron chi connectivity index (χ4n) is 2.27. The standard InChI is InChI=1S/C19H15N3O4/c20-16-4-2-1-3-15(16)18(23)22-21-11-14-9-10-17(26-14)12-5-7-13(8-6-12)19(24)25/h1-11H,20H2,(H,22,23)(H,24,25)/b21-11+. The lowest BCUT2D eigenvalue weighted by molar-refractivity contribution is 0.0696. The van der Waals surface area contributed by atoms with Crippen molar-refractivity contribution in [2.75, 3.05) is 5.73 Å². The number of nitrogens with one attached hydrogen (secondary N) is 1. The molecule has 130 valence electrons. The number of furan rings is 1. The van der Waals surface area contributed by atoms with Crippen molar-refractivity contribution >= 4 is 23.8 Å². The highest BCUT2D eigenvalue weighted by atomic mass is 16.4. The Balaban J connectivity index is 1.66. The smallest absolute Gasteiger partial charge is 0.335 e. The predicted molar refractivity (Wildman–Crippen MR) is 97.0 cm³/mol. The number of nitrogens with two attached hydrogens (primary N) is 1. The summed E-state index contributed by atoms with van der Waals surface area (Å²) in [5.41, 5.74) is 9.75. The molecule has 0 aliphatic rings. The number of nitrogens with zero attached hydrogens (tertiary/aromatic N) is 1. The molecule has 0 aliphatic carbocycles. The van der Waals surface area contributed by atoms with Gasteiger partial charge in [0.25, 0.3) is 5.91 Å². The quantitative estimate of drug-likeness (QED) is 0.372. The molecule has 1 amide bonds. The molecule has 0 saturated heterocycles. The van der Waals surface area contributed by atoms with Gasteiger partial charge >= 0.3 is 5.97 Å². The molecule has 0 unspecified atom stereocenters. The molecule has 0 atom stereocenters. The largest absolute Gasteiger partial charge is 0.478 e. The summed E-state index contributed by atoms with van der Waals surface area (Å²) >= 11 is 0. The summed E-state index contributed by atoms with van der Waals surface area (Å²) in [6, 6.07) is 16.4. The molecule has 1 aromatic heterocycles. The molecule has 0 saturated carbocycles. The van der Waals surface area contributed by atoms with E-state index in [9.17, 15) is 9.59 Å². The van der Waals surface area contributed by atoms with Gasteiger partial charge in [-0.05, 0) is 36.4 Å². The van der Waals surface area contributed by atoms with E-state index in [4.69, 9.17) is 15.3 Å². The van der Waals surface area contributed by atoms with Crippen LogP contribution in [0.15, 0.2) is 70.2 Å². The molecule has 4 N–H and O–H groups in total. The van der Waals surface area contributed by atoms with Gasteiger partial charge in [-0.15, -0.1) is 0 Å². The molecule has 0 radical (unpaired) electrons. The third kappa shape index (κ3) is 3.78. The maximum Gasteiger partial charge on any atom is 0.335 e. The molecule has 3 rings (SSSR count). The maximum atomic E-state index is 12.0. The van der Waals surface area contributed by atoms with Crippen LogP contribution in [0.25, 0.3) is 11.3 Å². The minimum absolute atomic E-state index is 0.199. The third-order valence-electron chi connectivity index (χ3n) is 3.61. The van der Waals surface area contributed by atoms with E-state index in [1.807, 2.05) is 0 Å². The molecule has 0 spiro atoms. The Hall–Kier alpha value is -3.87. The second-order valence-electron chi connectivity index (χ2n) is 5.37. The first-order chi connectivity index (χ1) is 12.5. The highest BCUT2D eigenvalue weighted by molar-refractivity contribution is 5.99. The van der Waals surface area contributed by atoms with Gasteiger partial charge in [0.15, 0.2) is 0 Å². The van der Waals surface area contributed by atoms with E-state index >= 15 is 0 Å². The average molecular weight is 349 g/mol. The predicted octanol–water partition coefficient (Wildman–Crippen LogP) is 2.99. The third-order valence-corrected chi connectivity index (χ3v) is 3.61. The topological polar surface area (TPSA) is 118 Å². The minimum atomic E-state index is -0.987. The van der Waals surface area contributed by atoms with E-state index in [-0.39, 0.29) is 5.56 Å². The molecule has 7 nitrogen and oxygen atoms in total. The number of carbonyl (C=O) groups is 2. The first kappa shape index (κ1) is 17.0. The lowest BCUT2D eigenvalue weighted by Gasteiger charge is -2.02. The van der Waals surface area contributed by atoms with Crippen LogP contribution in [0, 0.1) is 0 Å². The minimum Gasteiger partial charge on any atom is -0.478 e. The normalized spacial score (nSPS) is 10.8. The van der Waals surface area contributed by atoms with Crippen LogP contribution in [0.5, 0.6) is 0 Å². The zero-order valence-corrected chi connectivity index (χ0v) is 13.5. The zero-order valence-electron chi connectivity index (χ0n) is 13.5. The highest BCUT2D eigenvalue weighted by Crippen LogP contribution is 2.22. The van der Waals surface area contributed by atoms with Gasteiger partial charge in [-0.2, -0.15) is 5.10 Å². The van der Waals surface area contributed by atoms with Crippen LogP contribution in [0.2, 0.25) is 0 Å². The van der Waals surface area contributed by atoms with Crippen molar-refractivity contribution in [3.8, 4) is 11.3 Å². The van der Waals surface area contributed by atoms with E-state index in [2.05, 4.69) is 10.5 Å². The van der Waals surface area contributed by atoms with Crippen molar-refractivity contribution in [2.45, 2.75) is 0 Å². The number of amides is 1. The number of benzene rings is 2. The fourth-order valence-corrected chi connectivity index (χ4v) is 2.27. The van der Waals surface area contributed by atoms with Gasteiger partial charge in [-0.1, -0.05) is 24.3 Å². The van der Waals surface area contributed by atoms with Gasteiger partial charge in [0.05, 0.1) is 17.3 Å². The first-order valence-electron chi connectivity index (χ1n) is 7.66. The summed E-state index contributed by atoms with van der Waals surface area (Å²) in [7, 11) is 0. The van der Waals surface area contributed by atoms with Crippen molar-refractivity contribution in [2.24, 2.45) is 5.10 Å². The van der Waals surface area contributed by atoms with Crippen molar-refractivity contribution in [3.05, 3.63) is 77.6 Å².